The van der Waals surface area contributed by atoms with E-state index in [0.29, 0.717) is 0 Å². The first-order valence-corrected chi connectivity index (χ1v) is 5.89. The molecule has 0 atom stereocenters. The maximum absolute atomic E-state index is 12.8. The first kappa shape index (κ1) is 13.7. The summed E-state index contributed by atoms with van der Waals surface area (Å²) in [5, 5.41) is 0. The molecular weight excluding hydrogens is 259 g/mol. The number of pyridine rings is 1. The molecule has 1 saturated carbocycles. The highest BCUT2D eigenvalue weighted by Crippen LogP contribution is 2.35. The summed E-state index contributed by atoms with van der Waals surface area (Å²) in [7, 11) is 0. The van der Waals surface area contributed by atoms with Crippen LogP contribution in [0.1, 0.15) is 40.9 Å². The van der Waals surface area contributed by atoms with Crippen LogP contribution in [0.4, 0.5) is 13.2 Å². The van der Waals surface area contributed by atoms with Gasteiger partial charge in [-0.2, -0.15) is 13.2 Å². The fourth-order valence-electron chi connectivity index (χ4n) is 1.95. The summed E-state index contributed by atoms with van der Waals surface area (Å²) < 4.78 is 38.5. The number of Topliss-reactive ketones (excluding diaryl/α,β-unsaturated/α-hetero) is 2. The van der Waals surface area contributed by atoms with Crippen molar-refractivity contribution in [3.63, 3.8) is 0 Å². The van der Waals surface area contributed by atoms with Crippen LogP contribution >= 0.6 is 0 Å². The molecule has 0 radical (unpaired) electrons. The van der Waals surface area contributed by atoms with E-state index in [0.717, 1.165) is 25.1 Å². The maximum Gasteiger partial charge on any atom is 0.417 e. The Morgan fingerprint density at radius 2 is 2.00 bits per heavy atom. The molecule has 0 saturated heterocycles. The van der Waals surface area contributed by atoms with Gasteiger partial charge in [0, 0.05) is 17.8 Å². The van der Waals surface area contributed by atoms with Crippen LogP contribution in [0, 0.1) is 12.8 Å². The minimum Gasteiger partial charge on any atom is -0.299 e. The van der Waals surface area contributed by atoms with Gasteiger partial charge >= 0.3 is 6.18 Å². The van der Waals surface area contributed by atoms with Crippen molar-refractivity contribution in [2.75, 3.05) is 0 Å². The van der Waals surface area contributed by atoms with Gasteiger partial charge in [0.05, 0.1) is 17.5 Å². The SMILES string of the molecule is Cc1nccc(C(F)(F)F)c1C(=O)CC(=O)C1CC1. The van der Waals surface area contributed by atoms with E-state index in [4.69, 9.17) is 0 Å². The van der Waals surface area contributed by atoms with Crippen LogP contribution in [0.25, 0.3) is 0 Å². The number of alkyl halides is 3. The lowest BCUT2D eigenvalue weighted by Crippen LogP contribution is -2.18. The summed E-state index contributed by atoms with van der Waals surface area (Å²) in [6.07, 6.45) is -2.63. The van der Waals surface area contributed by atoms with Gasteiger partial charge in [-0.1, -0.05) is 0 Å². The van der Waals surface area contributed by atoms with Crippen LogP contribution < -0.4 is 0 Å². The lowest BCUT2D eigenvalue weighted by molar-refractivity contribution is -0.138. The van der Waals surface area contributed by atoms with E-state index in [1.807, 2.05) is 0 Å². The number of aromatic nitrogens is 1. The predicted molar refractivity (Wildman–Crippen MR) is 60.7 cm³/mol. The topological polar surface area (TPSA) is 47.0 Å². The molecular formula is C13H12F3NO2. The molecule has 1 aliphatic carbocycles. The average Bonchev–Trinajstić information content (AvgIpc) is 3.10. The zero-order chi connectivity index (χ0) is 14.2. The average molecular weight is 271 g/mol. The summed E-state index contributed by atoms with van der Waals surface area (Å²) in [5.41, 5.74) is -1.50. The summed E-state index contributed by atoms with van der Waals surface area (Å²) in [6, 6.07) is 0.766. The minimum absolute atomic E-state index is 0.00317. The Hall–Kier alpha value is -1.72. The molecule has 0 bridgehead atoms. The molecule has 0 unspecified atom stereocenters. The Bertz CT molecular complexity index is 533. The van der Waals surface area contributed by atoms with E-state index in [1.54, 1.807) is 0 Å². The van der Waals surface area contributed by atoms with E-state index >= 15 is 0 Å². The molecule has 19 heavy (non-hydrogen) atoms. The van der Waals surface area contributed by atoms with Gasteiger partial charge in [-0.15, -0.1) is 0 Å². The number of hydrogen-bond acceptors (Lipinski definition) is 3. The van der Waals surface area contributed by atoms with Crippen molar-refractivity contribution in [3.8, 4) is 0 Å². The Labute approximate surface area is 107 Å². The zero-order valence-corrected chi connectivity index (χ0v) is 10.3. The van der Waals surface area contributed by atoms with E-state index in [2.05, 4.69) is 4.98 Å². The van der Waals surface area contributed by atoms with Crippen molar-refractivity contribution in [1.29, 1.82) is 0 Å². The van der Waals surface area contributed by atoms with Crippen LogP contribution in [-0.4, -0.2) is 16.6 Å². The molecule has 0 amide bonds. The lowest BCUT2D eigenvalue weighted by atomic mass is 9.98. The summed E-state index contributed by atoms with van der Waals surface area (Å²) >= 11 is 0. The zero-order valence-electron chi connectivity index (χ0n) is 10.3. The molecule has 1 aromatic rings. The Morgan fingerprint density at radius 3 is 2.53 bits per heavy atom. The van der Waals surface area contributed by atoms with E-state index in [1.165, 1.54) is 6.92 Å². The Kier molecular flexibility index (Phi) is 3.43. The Balaban J connectivity index is 2.32. The third kappa shape index (κ3) is 3.00. The normalized spacial score (nSPS) is 15.4. The lowest BCUT2D eigenvalue weighted by Gasteiger charge is -2.13. The summed E-state index contributed by atoms with van der Waals surface area (Å²) in [5.74, 6) is -1.22. The maximum atomic E-state index is 12.8. The molecule has 0 N–H and O–H groups in total. The van der Waals surface area contributed by atoms with Gasteiger partial charge in [-0.05, 0) is 25.8 Å². The fraction of sp³-hybridized carbons (Fsp3) is 0.462. The van der Waals surface area contributed by atoms with Gasteiger partial charge in [0.15, 0.2) is 5.78 Å². The molecule has 3 nitrogen and oxygen atoms in total. The standard InChI is InChI=1S/C13H12F3NO2/c1-7-12(9(4-5-17-7)13(14,15)16)11(19)6-10(18)8-2-3-8/h4-5,8H,2-3,6H2,1H3. The van der Waals surface area contributed by atoms with Crippen molar-refractivity contribution < 1.29 is 22.8 Å². The van der Waals surface area contributed by atoms with Crippen molar-refractivity contribution in [2.24, 2.45) is 5.92 Å². The second-order valence-corrected chi connectivity index (χ2v) is 4.66. The first-order chi connectivity index (χ1) is 8.80. The smallest absolute Gasteiger partial charge is 0.299 e. The van der Waals surface area contributed by atoms with Gasteiger partial charge < -0.3 is 0 Å². The quantitative estimate of drug-likeness (QED) is 0.624. The molecule has 102 valence electrons. The largest absolute Gasteiger partial charge is 0.417 e. The second kappa shape index (κ2) is 4.75. The Morgan fingerprint density at radius 1 is 1.37 bits per heavy atom. The number of rotatable bonds is 4. The fourth-order valence-corrected chi connectivity index (χ4v) is 1.95. The molecule has 0 aliphatic heterocycles. The van der Waals surface area contributed by atoms with Crippen LogP contribution in [-0.2, 0) is 11.0 Å². The number of ketones is 2. The van der Waals surface area contributed by atoms with Crippen LogP contribution in [0.5, 0.6) is 0 Å². The number of hydrogen-bond donors (Lipinski definition) is 0. The predicted octanol–water partition coefficient (Wildman–Crippen LogP) is 2.96. The molecule has 1 heterocycles. The number of carbonyl (C=O) groups is 2. The highest BCUT2D eigenvalue weighted by molar-refractivity contribution is 6.10. The summed E-state index contributed by atoms with van der Waals surface area (Å²) in [6.45, 7) is 1.34. The third-order valence-electron chi connectivity index (χ3n) is 3.09. The van der Waals surface area contributed by atoms with Crippen molar-refractivity contribution in [3.05, 3.63) is 29.1 Å². The van der Waals surface area contributed by atoms with Gasteiger partial charge in [-0.3, -0.25) is 14.6 Å². The molecule has 6 heteroatoms. The van der Waals surface area contributed by atoms with Crippen LogP contribution in [0.2, 0.25) is 0 Å². The number of carbonyl (C=O) groups excluding carboxylic acids is 2. The van der Waals surface area contributed by atoms with Crippen molar-refractivity contribution in [2.45, 2.75) is 32.4 Å². The van der Waals surface area contributed by atoms with Gasteiger partial charge in [-0.25, -0.2) is 0 Å². The van der Waals surface area contributed by atoms with E-state index in [-0.39, 0.29) is 17.4 Å². The van der Waals surface area contributed by atoms with Crippen LogP contribution in [0.15, 0.2) is 12.3 Å². The van der Waals surface area contributed by atoms with E-state index in [9.17, 15) is 22.8 Å². The van der Waals surface area contributed by atoms with Crippen molar-refractivity contribution >= 4 is 11.6 Å². The van der Waals surface area contributed by atoms with Gasteiger partial charge in [0.25, 0.3) is 0 Å². The van der Waals surface area contributed by atoms with Crippen LogP contribution in [0.3, 0.4) is 0 Å². The van der Waals surface area contributed by atoms with Gasteiger partial charge in [0.2, 0.25) is 0 Å². The van der Waals surface area contributed by atoms with E-state index < -0.39 is 29.5 Å². The minimum atomic E-state index is -4.62. The monoisotopic (exact) mass is 271 g/mol. The molecule has 0 spiro atoms. The molecule has 1 aromatic heterocycles. The van der Waals surface area contributed by atoms with Crippen molar-refractivity contribution in [1.82, 2.24) is 4.98 Å². The summed E-state index contributed by atoms with van der Waals surface area (Å²) in [4.78, 5) is 27.2. The van der Waals surface area contributed by atoms with Gasteiger partial charge in [0.1, 0.15) is 5.78 Å². The highest BCUT2D eigenvalue weighted by atomic mass is 19.4. The third-order valence-corrected chi connectivity index (χ3v) is 3.09. The number of halogens is 3. The first-order valence-electron chi connectivity index (χ1n) is 5.89. The molecule has 0 aromatic carbocycles. The second-order valence-electron chi connectivity index (χ2n) is 4.66. The number of nitrogens with zero attached hydrogens (tertiary/aromatic N) is 1. The molecule has 2 rings (SSSR count). The molecule has 1 fully saturated rings. The highest BCUT2D eigenvalue weighted by Gasteiger charge is 2.37. The molecule has 1 aliphatic rings. The number of aryl methyl sites for hydroxylation is 1.